The molecular formula is C16H22O3. The number of hydrogen-bond acceptors (Lipinski definition) is 3. The Balaban J connectivity index is 2.40. The Morgan fingerprint density at radius 3 is 2.26 bits per heavy atom. The largest absolute Gasteiger partial charge is 0.381 e. The van der Waals surface area contributed by atoms with Crippen LogP contribution in [0.25, 0.3) is 0 Å². The van der Waals surface area contributed by atoms with Crippen molar-refractivity contribution in [2.45, 2.75) is 39.2 Å². The maximum absolute atomic E-state index is 12.9. The number of aryl methyl sites for hydroxylation is 3. The van der Waals surface area contributed by atoms with Crippen LogP contribution in [-0.2, 0) is 9.47 Å². The molecule has 0 saturated carbocycles. The van der Waals surface area contributed by atoms with Crippen LogP contribution in [-0.4, -0.2) is 31.7 Å². The molecule has 1 aromatic carbocycles. The van der Waals surface area contributed by atoms with Crippen molar-refractivity contribution in [2.24, 2.45) is 0 Å². The summed E-state index contributed by atoms with van der Waals surface area (Å²) in [5.41, 5.74) is 3.47. The Morgan fingerprint density at radius 1 is 1.11 bits per heavy atom. The maximum Gasteiger partial charge on any atom is 0.195 e. The first-order valence-corrected chi connectivity index (χ1v) is 6.76. The first kappa shape index (κ1) is 14.2. The molecule has 0 aliphatic carbocycles. The molecule has 0 bridgehead atoms. The van der Waals surface area contributed by atoms with Gasteiger partial charge in [-0.05, 0) is 43.5 Å². The van der Waals surface area contributed by atoms with E-state index in [4.69, 9.17) is 9.47 Å². The van der Waals surface area contributed by atoms with Gasteiger partial charge in [0.2, 0.25) is 0 Å². The lowest BCUT2D eigenvalue weighted by Gasteiger charge is -2.34. The molecule has 1 aromatic rings. The van der Waals surface area contributed by atoms with E-state index in [0.717, 1.165) is 16.7 Å². The predicted molar refractivity (Wildman–Crippen MR) is 74.8 cm³/mol. The molecule has 0 spiro atoms. The van der Waals surface area contributed by atoms with Crippen LogP contribution in [0.3, 0.4) is 0 Å². The van der Waals surface area contributed by atoms with E-state index in [1.807, 2.05) is 19.9 Å². The lowest BCUT2D eigenvalue weighted by molar-refractivity contribution is -0.0663. The van der Waals surface area contributed by atoms with Crippen molar-refractivity contribution in [2.75, 3.05) is 20.3 Å². The Hall–Kier alpha value is -1.19. The Bertz CT molecular complexity index is 485. The molecule has 0 amide bonds. The van der Waals surface area contributed by atoms with Crippen LogP contribution < -0.4 is 0 Å². The topological polar surface area (TPSA) is 35.5 Å². The third-order valence-corrected chi connectivity index (χ3v) is 4.19. The van der Waals surface area contributed by atoms with Crippen LogP contribution in [0.5, 0.6) is 0 Å². The smallest absolute Gasteiger partial charge is 0.195 e. The SMILES string of the molecule is COC1(C(=O)c2cc(C)c(C)cc2C)CCOCC1. The Labute approximate surface area is 114 Å². The summed E-state index contributed by atoms with van der Waals surface area (Å²) >= 11 is 0. The third kappa shape index (κ3) is 2.58. The molecule has 1 aliphatic heterocycles. The highest BCUT2D eigenvalue weighted by Gasteiger charge is 2.41. The summed E-state index contributed by atoms with van der Waals surface area (Å²) in [6.45, 7) is 7.27. The Kier molecular flexibility index (Phi) is 4.07. The molecule has 3 heteroatoms. The molecule has 104 valence electrons. The number of carbonyl (C=O) groups is 1. The summed E-state index contributed by atoms with van der Waals surface area (Å²) in [5, 5.41) is 0. The van der Waals surface area contributed by atoms with Crippen molar-refractivity contribution in [3.63, 3.8) is 0 Å². The number of benzene rings is 1. The number of rotatable bonds is 3. The summed E-state index contributed by atoms with van der Waals surface area (Å²) in [5.74, 6) is 0.0962. The molecule has 1 aliphatic rings. The van der Waals surface area contributed by atoms with E-state index >= 15 is 0 Å². The fourth-order valence-corrected chi connectivity index (χ4v) is 2.68. The second-order valence-electron chi connectivity index (χ2n) is 5.39. The van der Waals surface area contributed by atoms with Gasteiger partial charge in [0.1, 0.15) is 5.60 Å². The van der Waals surface area contributed by atoms with E-state index in [1.54, 1.807) is 7.11 Å². The van der Waals surface area contributed by atoms with Crippen LogP contribution in [0.4, 0.5) is 0 Å². The van der Waals surface area contributed by atoms with Crippen molar-refractivity contribution in [3.05, 3.63) is 34.4 Å². The number of methoxy groups -OCH3 is 1. The molecule has 0 radical (unpaired) electrons. The minimum atomic E-state index is -0.704. The fourth-order valence-electron chi connectivity index (χ4n) is 2.68. The van der Waals surface area contributed by atoms with E-state index in [1.165, 1.54) is 5.56 Å². The Morgan fingerprint density at radius 2 is 1.68 bits per heavy atom. The van der Waals surface area contributed by atoms with Crippen LogP contribution in [0.2, 0.25) is 0 Å². The highest BCUT2D eigenvalue weighted by atomic mass is 16.5. The maximum atomic E-state index is 12.9. The van der Waals surface area contributed by atoms with Crippen LogP contribution in [0, 0.1) is 20.8 Å². The molecule has 1 saturated heterocycles. The lowest BCUT2D eigenvalue weighted by atomic mass is 9.83. The van der Waals surface area contributed by atoms with E-state index in [0.29, 0.717) is 26.1 Å². The third-order valence-electron chi connectivity index (χ3n) is 4.19. The molecule has 0 N–H and O–H groups in total. The van der Waals surface area contributed by atoms with E-state index in [-0.39, 0.29) is 5.78 Å². The van der Waals surface area contributed by atoms with Crippen molar-refractivity contribution in [1.29, 1.82) is 0 Å². The normalized spacial score (nSPS) is 18.3. The molecule has 19 heavy (non-hydrogen) atoms. The van der Waals surface area contributed by atoms with Crippen molar-refractivity contribution in [1.82, 2.24) is 0 Å². The van der Waals surface area contributed by atoms with E-state index in [9.17, 15) is 4.79 Å². The summed E-state index contributed by atoms with van der Waals surface area (Å²) < 4.78 is 10.9. The molecule has 0 unspecified atom stereocenters. The van der Waals surface area contributed by atoms with Gasteiger partial charge in [0.25, 0.3) is 0 Å². The second-order valence-corrected chi connectivity index (χ2v) is 5.39. The molecule has 2 rings (SSSR count). The first-order chi connectivity index (χ1) is 9.00. The second kappa shape index (κ2) is 5.43. The average molecular weight is 262 g/mol. The van der Waals surface area contributed by atoms with Gasteiger partial charge in [0.05, 0.1) is 0 Å². The van der Waals surface area contributed by atoms with Crippen molar-refractivity contribution < 1.29 is 14.3 Å². The standard InChI is InChI=1S/C16H22O3/c1-11-9-13(3)14(10-12(11)2)15(17)16(18-4)5-7-19-8-6-16/h9-10H,5-8H2,1-4H3. The fraction of sp³-hybridized carbons (Fsp3) is 0.562. The van der Waals surface area contributed by atoms with Gasteiger partial charge in [-0.2, -0.15) is 0 Å². The quantitative estimate of drug-likeness (QED) is 0.786. The van der Waals surface area contributed by atoms with E-state index in [2.05, 4.69) is 13.0 Å². The highest BCUT2D eigenvalue weighted by Crippen LogP contribution is 2.30. The van der Waals surface area contributed by atoms with Gasteiger partial charge in [-0.25, -0.2) is 0 Å². The summed E-state index contributed by atoms with van der Waals surface area (Å²) in [6.07, 6.45) is 1.27. The zero-order chi connectivity index (χ0) is 14.0. The zero-order valence-corrected chi connectivity index (χ0v) is 12.2. The molecule has 1 fully saturated rings. The molecule has 0 aromatic heterocycles. The number of carbonyl (C=O) groups excluding carboxylic acids is 1. The highest BCUT2D eigenvalue weighted by molar-refractivity contribution is 6.04. The van der Waals surface area contributed by atoms with Crippen LogP contribution >= 0.6 is 0 Å². The molecule has 3 nitrogen and oxygen atoms in total. The van der Waals surface area contributed by atoms with Gasteiger partial charge in [0.15, 0.2) is 5.78 Å². The van der Waals surface area contributed by atoms with Gasteiger partial charge in [-0.1, -0.05) is 6.07 Å². The first-order valence-electron chi connectivity index (χ1n) is 6.76. The number of Topliss-reactive ketones (excluding diaryl/α,β-unsaturated/α-hetero) is 1. The minimum Gasteiger partial charge on any atom is -0.381 e. The summed E-state index contributed by atoms with van der Waals surface area (Å²) in [4.78, 5) is 12.9. The number of ether oxygens (including phenoxy) is 2. The van der Waals surface area contributed by atoms with Crippen molar-refractivity contribution in [3.8, 4) is 0 Å². The lowest BCUT2D eigenvalue weighted by Crippen LogP contribution is -2.46. The van der Waals surface area contributed by atoms with Gasteiger partial charge < -0.3 is 9.47 Å². The summed E-state index contributed by atoms with van der Waals surface area (Å²) in [6, 6.07) is 4.06. The molecular weight excluding hydrogens is 240 g/mol. The van der Waals surface area contributed by atoms with Gasteiger partial charge >= 0.3 is 0 Å². The summed E-state index contributed by atoms with van der Waals surface area (Å²) in [7, 11) is 1.62. The number of ketones is 1. The number of hydrogen-bond donors (Lipinski definition) is 0. The minimum absolute atomic E-state index is 0.0962. The zero-order valence-electron chi connectivity index (χ0n) is 12.2. The van der Waals surface area contributed by atoms with Crippen LogP contribution in [0.15, 0.2) is 12.1 Å². The predicted octanol–water partition coefficient (Wildman–Crippen LogP) is 2.99. The van der Waals surface area contributed by atoms with Crippen LogP contribution in [0.1, 0.15) is 39.9 Å². The molecule has 0 atom stereocenters. The van der Waals surface area contributed by atoms with Gasteiger partial charge in [-0.3, -0.25) is 4.79 Å². The van der Waals surface area contributed by atoms with Gasteiger partial charge in [0, 0.05) is 38.7 Å². The van der Waals surface area contributed by atoms with Gasteiger partial charge in [-0.15, -0.1) is 0 Å². The average Bonchev–Trinajstić information content (AvgIpc) is 2.43. The monoisotopic (exact) mass is 262 g/mol. The molecule has 1 heterocycles. The van der Waals surface area contributed by atoms with E-state index < -0.39 is 5.60 Å². The van der Waals surface area contributed by atoms with Crippen molar-refractivity contribution >= 4 is 5.78 Å².